The van der Waals surface area contributed by atoms with Crippen molar-refractivity contribution in [2.24, 2.45) is 11.7 Å². The fourth-order valence-electron chi connectivity index (χ4n) is 5.32. The summed E-state index contributed by atoms with van der Waals surface area (Å²) in [6.07, 6.45) is -3.70. The number of carbonyl (C=O) groups is 1. The molecule has 2 heterocycles. The molecule has 1 saturated heterocycles. The molecule has 216 valence electrons. The SMILES string of the molecule is COc1cc(-c2nc3ccc(N4CCCN(C(C)C)CC4)cc3c(=O)n2C(C(N)=O)C(C)C)cc(C(F)(F)F)c1. The van der Waals surface area contributed by atoms with Crippen molar-refractivity contribution in [2.75, 3.05) is 38.2 Å². The fourth-order valence-corrected chi connectivity index (χ4v) is 5.32. The number of aromatic nitrogens is 2. The van der Waals surface area contributed by atoms with E-state index in [-0.39, 0.29) is 22.5 Å². The van der Waals surface area contributed by atoms with E-state index in [1.807, 2.05) is 6.07 Å². The molecule has 0 aliphatic carbocycles. The number of carbonyl (C=O) groups excluding carboxylic acids is 1. The molecule has 1 atom stereocenters. The summed E-state index contributed by atoms with van der Waals surface area (Å²) in [4.78, 5) is 36.0. The Hall–Kier alpha value is -3.60. The third-order valence-corrected chi connectivity index (χ3v) is 7.44. The minimum absolute atomic E-state index is 0.0112. The number of alkyl halides is 3. The monoisotopic (exact) mass is 559 g/mol. The molecule has 8 nitrogen and oxygen atoms in total. The molecular formula is C29H36F3N5O3. The van der Waals surface area contributed by atoms with Crippen molar-refractivity contribution in [3.8, 4) is 17.1 Å². The summed E-state index contributed by atoms with van der Waals surface area (Å²) in [5, 5.41) is 0.261. The van der Waals surface area contributed by atoms with Gasteiger partial charge < -0.3 is 15.4 Å². The van der Waals surface area contributed by atoms with E-state index in [1.165, 1.54) is 13.2 Å². The Morgan fingerprint density at radius 1 is 1.02 bits per heavy atom. The number of benzene rings is 2. The summed E-state index contributed by atoms with van der Waals surface area (Å²) < 4.78 is 47.5. The van der Waals surface area contributed by atoms with Crippen molar-refractivity contribution in [3.63, 3.8) is 0 Å². The Balaban J connectivity index is 1.94. The summed E-state index contributed by atoms with van der Waals surface area (Å²) >= 11 is 0. The largest absolute Gasteiger partial charge is 0.497 e. The number of rotatable bonds is 7. The maximum atomic E-state index is 14.1. The van der Waals surface area contributed by atoms with E-state index < -0.39 is 35.2 Å². The summed E-state index contributed by atoms with van der Waals surface area (Å²) in [7, 11) is 1.26. The Bertz CT molecular complexity index is 1450. The zero-order valence-electron chi connectivity index (χ0n) is 23.5. The predicted octanol–water partition coefficient (Wildman–Crippen LogP) is 4.69. The zero-order chi connectivity index (χ0) is 29.4. The van der Waals surface area contributed by atoms with Gasteiger partial charge in [0.2, 0.25) is 5.91 Å². The molecule has 0 spiro atoms. The van der Waals surface area contributed by atoms with Gasteiger partial charge in [0.05, 0.1) is 23.6 Å². The number of nitrogens with zero attached hydrogens (tertiary/aromatic N) is 4. The predicted molar refractivity (Wildman–Crippen MR) is 150 cm³/mol. The van der Waals surface area contributed by atoms with Crippen LogP contribution in [0.15, 0.2) is 41.2 Å². The first-order valence-corrected chi connectivity index (χ1v) is 13.4. The van der Waals surface area contributed by atoms with E-state index in [1.54, 1.807) is 26.0 Å². The van der Waals surface area contributed by atoms with E-state index in [0.717, 1.165) is 55.0 Å². The van der Waals surface area contributed by atoms with Crippen LogP contribution < -0.4 is 20.9 Å². The number of fused-ring (bicyclic) bond motifs is 1. The molecule has 3 aromatic rings. The van der Waals surface area contributed by atoms with E-state index in [0.29, 0.717) is 11.6 Å². The third-order valence-electron chi connectivity index (χ3n) is 7.44. The Kier molecular flexibility index (Phi) is 8.44. The molecular weight excluding hydrogens is 523 g/mol. The summed E-state index contributed by atoms with van der Waals surface area (Å²) in [6.45, 7) is 11.2. The van der Waals surface area contributed by atoms with Crippen LogP contribution in [0.25, 0.3) is 22.3 Å². The van der Waals surface area contributed by atoms with Crippen LogP contribution in [0.4, 0.5) is 18.9 Å². The molecule has 1 unspecified atom stereocenters. The smallest absolute Gasteiger partial charge is 0.416 e. The van der Waals surface area contributed by atoms with Crippen molar-refractivity contribution in [1.29, 1.82) is 0 Å². The van der Waals surface area contributed by atoms with Gasteiger partial charge in [0, 0.05) is 43.5 Å². The fraction of sp³-hybridized carbons (Fsp3) is 0.483. The number of hydrogen-bond acceptors (Lipinski definition) is 6. The first kappa shape index (κ1) is 29.4. The Labute approximate surface area is 231 Å². The van der Waals surface area contributed by atoms with Crippen molar-refractivity contribution >= 4 is 22.5 Å². The van der Waals surface area contributed by atoms with Crippen LogP contribution in [0, 0.1) is 5.92 Å². The second-order valence-electron chi connectivity index (χ2n) is 10.8. The number of amides is 1. The van der Waals surface area contributed by atoms with Gasteiger partial charge in [-0.05, 0) is 62.6 Å². The lowest BCUT2D eigenvalue weighted by Gasteiger charge is -2.26. The standard InChI is InChI=1S/C29H36F3N5O3/c1-17(2)25(26(33)38)37-27(19-13-20(29(30,31)32)15-22(14-19)40-5)34-24-8-7-21(16-23(24)28(37)39)36-10-6-9-35(11-12-36)18(3)4/h7-8,13-18,25H,6,9-12H2,1-5H3,(H2,33,38). The van der Waals surface area contributed by atoms with Gasteiger partial charge in [-0.3, -0.25) is 19.1 Å². The molecule has 40 heavy (non-hydrogen) atoms. The topological polar surface area (TPSA) is 93.7 Å². The average molecular weight is 560 g/mol. The number of hydrogen-bond donors (Lipinski definition) is 1. The molecule has 1 aliphatic heterocycles. The lowest BCUT2D eigenvalue weighted by atomic mass is 10.0. The Morgan fingerprint density at radius 2 is 1.75 bits per heavy atom. The molecule has 2 aromatic carbocycles. The summed E-state index contributed by atoms with van der Waals surface area (Å²) in [5.41, 5.74) is 5.37. The van der Waals surface area contributed by atoms with Gasteiger partial charge in [-0.2, -0.15) is 13.2 Å². The van der Waals surface area contributed by atoms with Gasteiger partial charge in [0.15, 0.2) is 0 Å². The first-order valence-electron chi connectivity index (χ1n) is 13.4. The molecule has 0 saturated carbocycles. The molecule has 1 amide bonds. The van der Waals surface area contributed by atoms with Crippen molar-refractivity contribution in [2.45, 2.75) is 52.4 Å². The number of nitrogens with two attached hydrogens (primary N) is 1. The van der Waals surface area contributed by atoms with Gasteiger partial charge in [0.1, 0.15) is 17.6 Å². The first-order chi connectivity index (χ1) is 18.8. The van der Waals surface area contributed by atoms with Gasteiger partial charge in [0.25, 0.3) is 5.56 Å². The molecule has 1 fully saturated rings. The van der Waals surface area contributed by atoms with E-state index >= 15 is 0 Å². The Morgan fingerprint density at radius 3 is 2.35 bits per heavy atom. The average Bonchev–Trinajstić information content (AvgIpc) is 3.15. The van der Waals surface area contributed by atoms with Crippen LogP contribution in [0.1, 0.15) is 45.7 Å². The van der Waals surface area contributed by atoms with Crippen LogP contribution >= 0.6 is 0 Å². The molecule has 4 rings (SSSR count). The molecule has 1 aromatic heterocycles. The number of anilines is 1. The van der Waals surface area contributed by atoms with Gasteiger partial charge in [-0.25, -0.2) is 4.98 Å². The maximum absolute atomic E-state index is 14.1. The van der Waals surface area contributed by atoms with Crippen LogP contribution in [0.3, 0.4) is 0 Å². The van der Waals surface area contributed by atoms with Crippen LogP contribution in [0.5, 0.6) is 5.75 Å². The van der Waals surface area contributed by atoms with Gasteiger partial charge in [-0.1, -0.05) is 13.8 Å². The highest BCUT2D eigenvalue weighted by molar-refractivity contribution is 5.85. The van der Waals surface area contributed by atoms with Crippen LogP contribution in [-0.2, 0) is 11.0 Å². The van der Waals surface area contributed by atoms with E-state index in [4.69, 9.17) is 10.5 Å². The van der Waals surface area contributed by atoms with Crippen molar-refractivity contribution < 1.29 is 22.7 Å². The van der Waals surface area contributed by atoms with Gasteiger partial charge in [-0.15, -0.1) is 0 Å². The lowest BCUT2D eigenvalue weighted by Crippen LogP contribution is -2.38. The molecule has 11 heteroatoms. The number of ether oxygens (including phenoxy) is 1. The highest BCUT2D eigenvalue weighted by Gasteiger charge is 2.33. The molecule has 2 N–H and O–H groups in total. The molecule has 0 bridgehead atoms. The van der Waals surface area contributed by atoms with Crippen molar-refractivity contribution in [3.05, 3.63) is 52.3 Å². The van der Waals surface area contributed by atoms with E-state index in [2.05, 4.69) is 28.6 Å². The number of primary amides is 1. The second-order valence-corrected chi connectivity index (χ2v) is 10.8. The third kappa shape index (κ3) is 5.94. The minimum atomic E-state index is -4.67. The van der Waals surface area contributed by atoms with Crippen LogP contribution in [0.2, 0.25) is 0 Å². The highest BCUT2D eigenvalue weighted by atomic mass is 19.4. The second kappa shape index (κ2) is 11.5. The quantitative estimate of drug-likeness (QED) is 0.451. The summed E-state index contributed by atoms with van der Waals surface area (Å²) in [5.74, 6) is -1.36. The lowest BCUT2D eigenvalue weighted by molar-refractivity contribution is -0.137. The normalized spacial score (nSPS) is 16.0. The number of halogens is 3. The molecule has 0 radical (unpaired) electrons. The zero-order valence-corrected chi connectivity index (χ0v) is 23.5. The molecule has 1 aliphatic rings. The number of methoxy groups -OCH3 is 1. The minimum Gasteiger partial charge on any atom is -0.497 e. The van der Waals surface area contributed by atoms with Crippen LogP contribution in [-0.4, -0.2) is 59.7 Å². The maximum Gasteiger partial charge on any atom is 0.416 e. The highest BCUT2D eigenvalue weighted by Crippen LogP contribution is 2.36. The van der Waals surface area contributed by atoms with E-state index in [9.17, 15) is 22.8 Å². The summed E-state index contributed by atoms with van der Waals surface area (Å²) in [6, 6.07) is 7.75. The van der Waals surface area contributed by atoms with Crippen molar-refractivity contribution in [1.82, 2.24) is 14.5 Å². The van der Waals surface area contributed by atoms with Gasteiger partial charge >= 0.3 is 6.18 Å².